The highest BCUT2D eigenvalue weighted by Crippen LogP contribution is 2.17. The minimum Gasteiger partial charge on any atom is -0.294 e. The second-order valence-electron chi connectivity index (χ2n) is 6.08. The molecule has 1 aromatic rings. The molecule has 0 N–H and O–H groups in total. The summed E-state index contributed by atoms with van der Waals surface area (Å²) in [6.45, 7) is 2.26. The smallest absolute Gasteiger partial charge is 0.162 e. The third kappa shape index (κ3) is 8.63. The highest BCUT2D eigenvalue weighted by molar-refractivity contribution is 7.98. The maximum atomic E-state index is 12.1. The van der Waals surface area contributed by atoms with Crippen molar-refractivity contribution < 1.29 is 4.79 Å². The highest BCUT2D eigenvalue weighted by atomic mass is 32.2. The van der Waals surface area contributed by atoms with E-state index in [4.69, 9.17) is 0 Å². The van der Waals surface area contributed by atoms with Crippen molar-refractivity contribution >= 4 is 17.5 Å². The first-order valence-electron chi connectivity index (χ1n) is 8.95. The van der Waals surface area contributed by atoms with Gasteiger partial charge >= 0.3 is 0 Å². The molecule has 0 saturated carbocycles. The van der Waals surface area contributed by atoms with Gasteiger partial charge in [0.05, 0.1) is 0 Å². The largest absolute Gasteiger partial charge is 0.294 e. The van der Waals surface area contributed by atoms with Gasteiger partial charge in [-0.2, -0.15) is 0 Å². The van der Waals surface area contributed by atoms with E-state index in [1.54, 1.807) is 11.8 Å². The molecule has 0 aliphatic carbocycles. The number of hydrogen-bond acceptors (Lipinski definition) is 2. The average molecular weight is 321 g/mol. The molecule has 0 radical (unpaired) electrons. The molecule has 22 heavy (non-hydrogen) atoms. The summed E-state index contributed by atoms with van der Waals surface area (Å²) < 4.78 is 0. The Bertz CT molecular complexity index is 397. The Kier molecular flexibility index (Phi) is 11.2. The molecule has 0 aliphatic heterocycles. The average Bonchev–Trinajstić information content (AvgIpc) is 2.56. The summed E-state index contributed by atoms with van der Waals surface area (Å²) in [5, 5.41) is 0. The number of rotatable bonds is 13. The SMILES string of the molecule is CCCCCCCCCCCCC(=O)c1ccc(SC)cc1. The van der Waals surface area contributed by atoms with Gasteiger partial charge in [0, 0.05) is 16.9 Å². The Morgan fingerprint density at radius 2 is 1.32 bits per heavy atom. The van der Waals surface area contributed by atoms with Gasteiger partial charge in [0.1, 0.15) is 0 Å². The van der Waals surface area contributed by atoms with Gasteiger partial charge in [-0.25, -0.2) is 0 Å². The number of unbranched alkanes of at least 4 members (excludes halogenated alkanes) is 9. The molecule has 0 amide bonds. The zero-order chi connectivity index (χ0) is 16.0. The number of ketones is 1. The molecule has 1 aromatic carbocycles. The molecule has 0 atom stereocenters. The molecule has 0 spiro atoms. The first-order chi connectivity index (χ1) is 10.8. The standard InChI is InChI=1S/C20H32OS/c1-3-4-5-6-7-8-9-10-11-12-13-20(21)18-14-16-19(22-2)17-15-18/h14-17H,3-13H2,1-2H3. The van der Waals surface area contributed by atoms with Gasteiger partial charge in [-0.05, 0) is 24.8 Å². The number of carbonyl (C=O) groups is 1. The molecule has 0 fully saturated rings. The summed E-state index contributed by atoms with van der Waals surface area (Å²) in [4.78, 5) is 13.3. The van der Waals surface area contributed by atoms with E-state index in [1.807, 2.05) is 24.3 Å². The zero-order valence-corrected chi connectivity index (χ0v) is 15.2. The lowest BCUT2D eigenvalue weighted by molar-refractivity contribution is 0.0979. The Labute approximate surface area is 141 Å². The Morgan fingerprint density at radius 1 is 0.818 bits per heavy atom. The zero-order valence-electron chi connectivity index (χ0n) is 14.4. The molecule has 0 heterocycles. The molecule has 124 valence electrons. The molecular formula is C20H32OS. The van der Waals surface area contributed by atoms with Crippen LogP contribution in [0.5, 0.6) is 0 Å². The third-order valence-corrected chi connectivity index (χ3v) is 4.91. The predicted octanol–water partition coefficient (Wildman–Crippen LogP) is 6.90. The van der Waals surface area contributed by atoms with Crippen molar-refractivity contribution in [1.82, 2.24) is 0 Å². The maximum Gasteiger partial charge on any atom is 0.162 e. The topological polar surface area (TPSA) is 17.1 Å². The van der Waals surface area contributed by atoms with Gasteiger partial charge in [0.25, 0.3) is 0 Å². The van der Waals surface area contributed by atoms with Crippen molar-refractivity contribution in [3.8, 4) is 0 Å². The molecule has 0 aromatic heterocycles. The lowest BCUT2D eigenvalue weighted by Crippen LogP contribution is -1.98. The molecule has 1 rings (SSSR count). The van der Waals surface area contributed by atoms with Crippen LogP contribution in [0.4, 0.5) is 0 Å². The second kappa shape index (κ2) is 12.8. The van der Waals surface area contributed by atoms with E-state index in [-0.39, 0.29) is 0 Å². The van der Waals surface area contributed by atoms with Crippen LogP contribution in [0.25, 0.3) is 0 Å². The van der Waals surface area contributed by atoms with Crippen LogP contribution in [0, 0.1) is 0 Å². The van der Waals surface area contributed by atoms with E-state index < -0.39 is 0 Å². The molecule has 0 bridgehead atoms. The second-order valence-corrected chi connectivity index (χ2v) is 6.96. The van der Waals surface area contributed by atoms with Crippen molar-refractivity contribution in [3.05, 3.63) is 29.8 Å². The normalized spacial score (nSPS) is 10.8. The fraction of sp³-hybridized carbons (Fsp3) is 0.650. The van der Waals surface area contributed by atoms with Crippen molar-refractivity contribution in [2.24, 2.45) is 0 Å². The summed E-state index contributed by atoms with van der Waals surface area (Å²) in [6.07, 6.45) is 15.9. The minimum atomic E-state index is 0.298. The Morgan fingerprint density at radius 3 is 1.82 bits per heavy atom. The van der Waals surface area contributed by atoms with Crippen LogP contribution in [0.3, 0.4) is 0 Å². The van der Waals surface area contributed by atoms with Crippen molar-refractivity contribution in [2.75, 3.05) is 6.26 Å². The third-order valence-electron chi connectivity index (χ3n) is 4.17. The lowest BCUT2D eigenvalue weighted by Gasteiger charge is -2.03. The van der Waals surface area contributed by atoms with Crippen molar-refractivity contribution in [3.63, 3.8) is 0 Å². The fourth-order valence-electron chi connectivity index (χ4n) is 2.69. The summed E-state index contributed by atoms with van der Waals surface area (Å²) in [7, 11) is 0. The first kappa shape index (κ1) is 19.3. The van der Waals surface area contributed by atoms with E-state index >= 15 is 0 Å². The summed E-state index contributed by atoms with van der Waals surface area (Å²) in [5.74, 6) is 0.298. The molecule has 2 heteroatoms. The van der Waals surface area contributed by atoms with E-state index in [0.29, 0.717) is 12.2 Å². The lowest BCUT2D eigenvalue weighted by atomic mass is 10.0. The van der Waals surface area contributed by atoms with Crippen LogP contribution < -0.4 is 0 Å². The van der Waals surface area contributed by atoms with Crippen LogP contribution in [-0.4, -0.2) is 12.0 Å². The van der Waals surface area contributed by atoms with Crippen molar-refractivity contribution in [2.45, 2.75) is 82.4 Å². The Hall–Kier alpha value is -0.760. The number of Topliss-reactive ketones (excluding diaryl/α,β-unsaturated/α-hetero) is 1. The van der Waals surface area contributed by atoms with Crippen LogP contribution in [-0.2, 0) is 0 Å². The van der Waals surface area contributed by atoms with Crippen LogP contribution in [0.1, 0.15) is 87.9 Å². The Balaban J connectivity index is 2.00. The van der Waals surface area contributed by atoms with Gasteiger partial charge < -0.3 is 0 Å². The van der Waals surface area contributed by atoms with Crippen molar-refractivity contribution in [1.29, 1.82) is 0 Å². The number of hydrogen-bond donors (Lipinski definition) is 0. The fourth-order valence-corrected chi connectivity index (χ4v) is 3.10. The monoisotopic (exact) mass is 320 g/mol. The molecule has 1 nitrogen and oxygen atoms in total. The van der Waals surface area contributed by atoms with Gasteiger partial charge in [0.2, 0.25) is 0 Å². The van der Waals surface area contributed by atoms with Crippen LogP contribution in [0.15, 0.2) is 29.2 Å². The number of thioether (sulfide) groups is 1. The summed E-state index contributed by atoms with van der Waals surface area (Å²) in [5.41, 5.74) is 0.869. The van der Waals surface area contributed by atoms with E-state index in [0.717, 1.165) is 12.0 Å². The first-order valence-corrected chi connectivity index (χ1v) is 10.2. The maximum absolute atomic E-state index is 12.1. The molecule has 0 aliphatic rings. The summed E-state index contributed by atoms with van der Waals surface area (Å²) >= 11 is 1.71. The van der Waals surface area contributed by atoms with E-state index in [1.165, 1.54) is 62.7 Å². The number of carbonyl (C=O) groups excluding carboxylic acids is 1. The summed E-state index contributed by atoms with van der Waals surface area (Å²) in [6, 6.07) is 8.00. The van der Waals surface area contributed by atoms with E-state index in [2.05, 4.69) is 13.2 Å². The van der Waals surface area contributed by atoms with Gasteiger partial charge in [0.15, 0.2) is 5.78 Å². The number of benzene rings is 1. The quantitative estimate of drug-likeness (QED) is 0.223. The minimum absolute atomic E-state index is 0.298. The predicted molar refractivity (Wildman–Crippen MR) is 99.0 cm³/mol. The molecule has 0 saturated heterocycles. The molecular weight excluding hydrogens is 288 g/mol. The van der Waals surface area contributed by atoms with Gasteiger partial charge in [-0.15, -0.1) is 11.8 Å². The van der Waals surface area contributed by atoms with Gasteiger partial charge in [-0.3, -0.25) is 4.79 Å². The van der Waals surface area contributed by atoms with Crippen LogP contribution >= 0.6 is 11.8 Å². The van der Waals surface area contributed by atoms with Crippen LogP contribution in [0.2, 0.25) is 0 Å². The van der Waals surface area contributed by atoms with E-state index in [9.17, 15) is 4.79 Å². The molecule has 0 unspecified atom stereocenters. The van der Waals surface area contributed by atoms with Gasteiger partial charge in [-0.1, -0.05) is 76.8 Å². The highest BCUT2D eigenvalue weighted by Gasteiger charge is 2.05.